The van der Waals surface area contributed by atoms with E-state index in [9.17, 15) is 9.59 Å². The molecule has 2 aromatic carbocycles. The van der Waals surface area contributed by atoms with Gasteiger partial charge in [-0.1, -0.05) is 36.4 Å². The number of benzene rings is 2. The number of anilines is 2. The van der Waals surface area contributed by atoms with E-state index < -0.39 is 0 Å². The molecule has 0 bridgehead atoms. The Hall–Kier alpha value is -3.87. The molecule has 146 valence electrons. The Bertz CT molecular complexity index is 1240. The van der Waals surface area contributed by atoms with Crippen LogP contribution < -0.4 is 16.2 Å². The second-order valence-electron chi connectivity index (χ2n) is 6.72. The molecule has 0 spiro atoms. The second kappa shape index (κ2) is 7.63. The zero-order valence-corrected chi connectivity index (χ0v) is 16.2. The number of fused-ring (bicyclic) bond motifs is 1. The Morgan fingerprint density at radius 3 is 2.59 bits per heavy atom. The average Bonchev–Trinajstić information content (AvgIpc) is 2.95. The summed E-state index contributed by atoms with van der Waals surface area (Å²) >= 11 is 0. The fourth-order valence-electron chi connectivity index (χ4n) is 3.34. The highest BCUT2D eigenvalue weighted by Gasteiger charge is 2.16. The van der Waals surface area contributed by atoms with Crippen LogP contribution in [0.2, 0.25) is 0 Å². The number of rotatable bonds is 5. The van der Waals surface area contributed by atoms with Crippen LogP contribution in [0.15, 0.2) is 71.7 Å². The number of pyridine rings is 1. The van der Waals surface area contributed by atoms with Crippen LogP contribution in [0.5, 0.6) is 0 Å². The number of nitrogens with one attached hydrogen (secondary N) is 2. The summed E-state index contributed by atoms with van der Waals surface area (Å²) in [7, 11) is 1.82. The van der Waals surface area contributed by atoms with Gasteiger partial charge in [0.25, 0.3) is 5.56 Å². The maximum Gasteiger partial charge on any atom is 0.295 e. The highest BCUT2D eigenvalue weighted by Crippen LogP contribution is 2.20. The zero-order valence-electron chi connectivity index (χ0n) is 16.2. The molecule has 0 atom stereocenters. The molecular weight excluding hydrogens is 366 g/mol. The van der Waals surface area contributed by atoms with Crippen LogP contribution >= 0.6 is 0 Å². The van der Waals surface area contributed by atoms with Crippen molar-refractivity contribution < 1.29 is 4.79 Å². The topological polar surface area (TPSA) is 81.0 Å². The van der Waals surface area contributed by atoms with E-state index in [4.69, 9.17) is 0 Å². The van der Waals surface area contributed by atoms with Gasteiger partial charge >= 0.3 is 0 Å². The first-order valence-electron chi connectivity index (χ1n) is 9.28. The molecule has 0 radical (unpaired) electrons. The van der Waals surface area contributed by atoms with E-state index in [0.29, 0.717) is 11.4 Å². The van der Waals surface area contributed by atoms with E-state index in [1.165, 1.54) is 0 Å². The maximum absolute atomic E-state index is 12.9. The van der Waals surface area contributed by atoms with E-state index in [1.54, 1.807) is 15.6 Å². The van der Waals surface area contributed by atoms with Crippen molar-refractivity contribution in [2.75, 3.05) is 17.2 Å². The molecule has 0 aliphatic heterocycles. The third-order valence-electron chi connectivity index (χ3n) is 4.89. The smallest absolute Gasteiger partial charge is 0.295 e. The Morgan fingerprint density at radius 1 is 1.03 bits per heavy atom. The minimum Gasteiger partial charge on any atom is -0.370 e. The summed E-state index contributed by atoms with van der Waals surface area (Å²) in [6.07, 6.45) is 1.69. The van der Waals surface area contributed by atoms with Gasteiger partial charge in [-0.15, -0.1) is 0 Å². The van der Waals surface area contributed by atoms with Crippen LogP contribution in [0.25, 0.3) is 16.6 Å². The Balaban J connectivity index is 1.54. The number of aromatic nitrogens is 3. The molecule has 0 aliphatic rings. The van der Waals surface area contributed by atoms with E-state index in [2.05, 4.69) is 15.6 Å². The molecule has 1 amide bonds. The van der Waals surface area contributed by atoms with Gasteiger partial charge in [-0.25, -0.2) is 4.68 Å². The number of para-hydroxylation sites is 2. The van der Waals surface area contributed by atoms with Crippen molar-refractivity contribution in [3.63, 3.8) is 0 Å². The van der Waals surface area contributed by atoms with Crippen LogP contribution in [0.1, 0.15) is 5.69 Å². The third kappa shape index (κ3) is 3.50. The Morgan fingerprint density at radius 2 is 1.79 bits per heavy atom. The van der Waals surface area contributed by atoms with E-state index in [-0.39, 0.29) is 18.0 Å². The lowest BCUT2D eigenvalue weighted by Crippen LogP contribution is -2.25. The molecule has 0 saturated carbocycles. The van der Waals surface area contributed by atoms with Crippen molar-refractivity contribution >= 4 is 28.2 Å². The minimum absolute atomic E-state index is 0.0297. The lowest BCUT2D eigenvalue weighted by Gasteiger charge is -2.09. The first-order chi connectivity index (χ1) is 14.1. The largest absolute Gasteiger partial charge is 0.370 e. The van der Waals surface area contributed by atoms with Gasteiger partial charge in [0.1, 0.15) is 5.69 Å². The summed E-state index contributed by atoms with van der Waals surface area (Å²) in [6.45, 7) is 1.81. The molecule has 4 rings (SSSR count). The highest BCUT2D eigenvalue weighted by molar-refractivity contribution is 6.01. The van der Waals surface area contributed by atoms with E-state index in [1.807, 2.05) is 74.6 Å². The first kappa shape index (κ1) is 18.5. The van der Waals surface area contributed by atoms with Crippen LogP contribution in [0.3, 0.4) is 0 Å². The van der Waals surface area contributed by atoms with Gasteiger partial charge in [0.05, 0.1) is 29.1 Å². The van der Waals surface area contributed by atoms with Crippen molar-refractivity contribution in [1.82, 2.24) is 14.3 Å². The lowest BCUT2D eigenvalue weighted by atomic mass is 10.2. The lowest BCUT2D eigenvalue weighted by molar-refractivity contribution is -0.114. The molecule has 2 heterocycles. The minimum atomic E-state index is -0.253. The summed E-state index contributed by atoms with van der Waals surface area (Å²) in [5.74, 6) is -0.253. The number of nitrogens with zero attached hydrogens (tertiary/aromatic N) is 3. The van der Waals surface area contributed by atoms with Crippen molar-refractivity contribution in [2.24, 2.45) is 7.05 Å². The summed E-state index contributed by atoms with van der Waals surface area (Å²) in [6, 6.07) is 18.8. The fourth-order valence-corrected chi connectivity index (χ4v) is 3.34. The van der Waals surface area contributed by atoms with Crippen molar-refractivity contribution in [3.8, 4) is 5.69 Å². The van der Waals surface area contributed by atoms with E-state index >= 15 is 0 Å². The molecule has 7 heteroatoms. The number of hydrogen-bond acceptors (Lipinski definition) is 4. The van der Waals surface area contributed by atoms with Crippen molar-refractivity contribution in [2.45, 2.75) is 6.92 Å². The average molecular weight is 387 g/mol. The monoisotopic (exact) mass is 387 g/mol. The molecule has 2 aromatic heterocycles. The van der Waals surface area contributed by atoms with Crippen LogP contribution in [-0.4, -0.2) is 26.8 Å². The van der Waals surface area contributed by atoms with Crippen molar-refractivity contribution in [1.29, 1.82) is 0 Å². The van der Waals surface area contributed by atoms with E-state index in [0.717, 1.165) is 22.3 Å². The van der Waals surface area contributed by atoms with Gasteiger partial charge in [0.15, 0.2) is 0 Å². The summed E-state index contributed by atoms with van der Waals surface area (Å²) in [5, 5.41) is 6.81. The van der Waals surface area contributed by atoms with Gasteiger partial charge in [-0.3, -0.25) is 19.3 Å². The quantitative estimate of drug-likeness (QED) is 0.551. The summed E-state index contributed by atoms with van der Waals surface area (Å²) in [5.41, 5.74) is 3.09. The third-order valence-corrected chi connectivity index (χ3v) is 4.89. The summed E-state index contributed by atoms with van der Waals surface area (Å²) in [4.78, 5) is 29.7. The molecular formula is C22H21N5O2. The second-order valence-corrected chi connectivity index (χ2v) is 6.72. The molecule has 29 heavy (non-hydrogen) atoms. The van der Waals surface area contributed by atoms with Gasteiger partial charge in [-0.2, -0.15) is 0 Å². The molecule has 7 nitrogen and oxygen atoms in total. The first-order valence-corrected chi connectivity index (χ1v) is 9.28. The fraction of sp³-hybridized carbons (Fsp3) is 0.136. The predicted molar refractivity (Wildman–Crippen MR) is 115 cm³/mol. The number of carbonyl (C=O) groups excluding carboxylic acids is 1. The van der Waals surface area contributed by atoms with Crippen LogP contribution in [-0.2, 0) is 11.8 Å². The van der Waals surface area contributed by atoms with Crippen LogP contribution in [0.4, 0.5) is 11.4 Å². The molecule has 0 fully saturated rings. The van der Waals surface area contributed by atoms with Crippen LogP contribution in [0, 0.1) is 6.92 Å². The number of hydrogen-bond donors (Lipinski definition) is 2. The van der Waals surface area contributed by atoms with Gasteiger partial charge in [0.2, 0.25) is 5.91 Å². The SMILES string of the molecule is Cc1c(NCC(=O)Nc2cccc3cccnc23)c(=O)n(-c2ccccc2)n1C. The molecule has 4 aromatic rings. The predicted octanol–water partition coefficient (Wildman–Crippen LogP) is 3.08. The van der Waals surface area contributed by atoms with Crippen molar-refractivity contribution in [3.05, 3.63) is 82.9 Å². The maximum atomic E-state index is 12.9. The molecule has 0 unspecified atom stereocenters. The standard InChI is InChI=1S/C22H21N5O2/c1-15-20(22(29)27(26(15)2)17-10-4-3-5-11-17)24-14-19(28)25-18-12-6-8-16-9-7-13-23-21(16)18/h3-13,24H,14H2,1-2H3,(H,25,28). The zero-order chi connectivity index (χ0) is 20.4. The number of amides is 1. The van der Waals surface area contributed by atoms with Gasteiger partial charge in [-0.05, 0) is 31.2 Å². The molecule has 2 N–H and O–H groups in total. The Kier molecular flexibility index (Phi) is 4.87. The highest BCUT2D eigenvalue weighted by atomic mass is 16.2. The normalized spacial score (nSPS) is 10.8. The molecule has 0 saturated heterocycles. The van der Waals surface area contributed by atoms with Gasteiger partial charge < -0.3 is 10.6 Å². The molecule has 0 aliphatic carbocycles. The number of carbonyl (C=O) groups is 1. The summed E-state index contributed by atoms with van der Waals surface area (Å²) < 4.78 is 3.34. The van der Waals surface area contributed by atoms with Gasteiger partial charge in [0, 0.05) is 18.6 Å². The Labute approximate surface area is 167 Å².